The van der Waals surface area contributed by atoms with Crippen LogP contribution in [0.3, 0.4) is 0 Å². The molecule has 0 amide bonds. The quantitative estimate of drug-likeness (QED) is 0.597. The van der Waals surface area contributed by atoms with E-state index < -0.39 is 0 Å². The number of hydrogen-bond donors (Lipinski definition) is 1. The van der Waals surface area contributed by atoms with E-state index in [1.165, 1.54) is 23.3 Å². The topological polar surface area (TPSA) is 58.5 Å². The van der Waals surface area contributed by atoms with Gasteiger partial charge in [0.1, 0.15) is 12.4 Å². The molecule has 1 N–H and O–H groups in total. The molecule has 0 aliphatic carbocycles. The number of aliphatic hydroxyl groups excluding tert-OH is 1. The lowest BCUT2D eigenvalue weighted by Crippen LogP contribution is -2.35. The van der Waals surface area contributed by atoms with Crippen molar-refractivity contribution in [1.29, 1.82) is 0 Å². The van der Waals surface area contributed by atoms with Crippen molar-refractivity contribution in [3.63, 3.8) is 0 Å². The number of aliphatic hydroxyl groups is 1. The van der Waals surface area contributed by atoms with E-state index in [2.05, 4.69) is 39.4 Å². The number of aryl methyl sites for hydroxylation is 2. The molecule has 0 bridgehead atoms. The van der Waals surface area contributed by atoms with E-state index >= 15 is 0 Å². The fourth-order valence-corrected chi connectivity index (χ4v) is 3.76. The Kier molecular flexibility index (Phi) is 7.22. The van der Waals surface area contributed by atoms with Gasteiger partial charge in [0.05, 0.1) is 11.8 Å². The van der Waals surface area contributed by atoms with Gasteiger partial charge in [0, 0.05) is 25.7 Å². The van der Waals surface area contributed by atoms with Gasteiger partial charge in [-0.15, -0.1) is 5.10 Å². The van der Waals surface area contributed by atoms with Gasteiger partial charge in [-0.05, 0) is 60.6 Å². The fraction of sp³-hybridized carbons (Fsp3) is 0.360. The van der Waals surface area contributed by atoms with Crippen LogP contribution < -0.4 is 4.74 Å². The highest BCUT2D eigenvalue weighted by Gasteiger charge is 2.16. The maximum absolute atomic E-state index is 13.2. The Balaban J connectivity index is 1.22. The second-order valence-corrected chi connectivity index (χ2v) is 8.11. The zero-order valence-corrected chi connectivity index (χ0v) is 17.6. The number of hydrogen-bond acceptors (Lipinski definition) is 5. The van der Waals surface area contributed by atoms with Gasteiger partial charge in [0.25, 0.3) is 0 Å². The van der Waals surface area contributed by atoms with Gasteiger partial charge in [0.15, 0.2) is 0 Å². The molecular formula is C25H28FN3O2. The minimum atomic E-state index is -0.276. The lowest BCUT2D eigenvalue weighted by Gasteiger charge is -2.29. The molecule has 0 radical (unpaired) electrons. The van der Waals surface area contributed by atoms with Gasteiger partial charge in [-0.2, -0.15) is 5.10 Å². The Hall–Kier alpha value is -2.83. The number of halogens is 1. The standard InChI is InChI=1S/C25H28FN3O2/c26-22-3-1-2-21(16-22)18-31-25-11-10-23(27-28-25)9-8-19-4-6-20(7-5-19)17-29-14-12-24(30)13-15-29/h1-7,10-11,16,24,30H,8-9,12-15,17-18H2. The molecule has 0 unspecified atom stereocenters. The van der Waals surface area contributed by atoms with Crippen LogP contribution in [0.2, 0.25) is 0 Å². The largest absolute Gasteiger partial charge is 0.472 e. The van der Waals surface area contributed by atoms with Crippen LogP contribution in [-0.4, -0.2) is 39.4 Å². The molecule has 4 rings (SSSR count). The smallest absolute Gasteiger partial charge is 0.233 e. The fourth-order valence-electron chi connectivity index (χ4n) is 3.76. The van der Waals surface area contributed by atoms with Gasteiger partial charge in [0.2, 0.25) is 5.88 Å². The minimum absolute atomic E-state index is 0.129. The lowest BCUT2D eigenvalue weighted by atomic mass is 10.0. The number of rotatable bonds is 8. The molecule has 5 nitrogen and oxygen atoms in total. The molecule has 3 aromatic rings. The first-order valence-corrected chi connectivity index (χ1v) is 10.8. The van der Waals surface area contributed by atoms with E-state index in [0.29, 0.717) is 5.88 Å². The molecule has 6 heteroatoms. The van der Waals surface area contributed by atoms with Gasteiger partial charge >= 0.3 is 0 Å². The molecule has 1 aromatic heterocycles. The van der Waals surface area contributed by atoms with E-state index in [1.807, 2.05) is 12.1 Å². The SMILES string of the molecule is OC1CCN(Cc2ccc(CCc3ccc(OCc4cccc(F)c4)nn3)cc2)CC1. The van der Waals surface area contributed by atoms with Crippen LogP contribution in [0.4, 0.5) is 4.39 Å². The molecule has 1 aliphatic heterocycles. The van der Waals surface area contributed by atoms with Gasteiger partial charge < -0.3 is 9.84 Å². The second-order valence-electron chi connectivity index (χ2n) is 8.11. The highest BCUT2D eigenvalue weighted by atomic mass is 19.1. The van der Waals surface area contributed by atoms with E-state index in [4.69, 9.17) is 4.74 Å². The van der Waals surface area contributed by atoms with Crippen LogP contribution >= 0.6 is 0 Å². The Bertz CT molecular complexity index is 955. The molecule has 1 aliphatic rings. The molecule has 0 spiro atoms. The summed E-state index contributed by atoms with van der Waals surface area (Å²) in [5.41, 5.74) is 4.24. The lowest BCUT2D eigenvalue weighted by molar-refractivity contribution is 0.0792. The van der Waals surface area contributed by atoms with E-state index in [9.17, 15) is 9.50 Å². The van der Waals surface area contributed by atoms with Crippen molar-refractivity contribution in [3.8, 4) is 5.88 Å². The first kappa shape index (κ1) is 21.4. The molecule has 0 atom stereocenters. The van der Waals surface area contributed by atoms with Crippen molar-refractivity contribution in [1.82, 2.24) is 15.1 Å². The Morgan fingerprint density at radius 1 is 0.903 bits per heavy atom. The second kappa shape index (κ2) is 10.5. The number of ether oxygens (including phenoxy) is 1. The van der Waals surface area contributed by atoms with Gasteiger partial charge in [-0.3, -0.25) is 4.90 Å². The van der Waals surface area contributed by atoms with E-state index in [-0.39, 0.29) is 18.5 Å². The predicted octanol–water partition coefficient (Wildman–Crippen LogP) is 3.94. The van der Waals surface area contributed by atoms with Crippen molar-refractivity contribution in [2.45, 2.75) is 44.9 Å². The first-order valence-electron chi connectivity index (χ1n) is 10.8. The molecule has 2 aromatic carbocycles. The predicted molar refractivity (Wildman–Crippen MR) is 117 cm³/mol. The molecule has 1 fully saturated rings. The molecule has 1 saturated heterocycles. The summed E-state index contributed by atoms with van der Waals surface area (Å²) in [6.07, 6.45) is 3.31. The minimum Gasteiger partial charge on any atom is -0.472 e. The highest BCUT2D eigenvalue weighted by molar-refractivity contribution is 5.24. The summed E-state index contributed by atoms with van der Waals surface area (Å²) >= 11 is 0. The summed E-state index contributed by atoms with van der Waals surface area (Å²) in [4.78, 5) is 2.40. The summed E-state index contributed by atoms with van der Waals surface area (Å²) in [5, 5.41) is 18.0. The van der Waals surface area contributed by atoms with Crippen molar-refractivity contribution < 1.29 is 14.2 Å². The number of likely N-dealkylation sites (tertiary alicyclic amines) is 1. The third-order valence-electron chi connectivity index (χ3n) is 5.63. The first-order chi connectivity index (χ1) is 15.1. The van der Waals surface area contributed by atoms with Crippen LogP contribution in [-0.2, 0) is 26.0 Å². The van der Waals surface area contributed by atoms with Crippen LogP contribution in [0.5, 0.6) is 5.88 Å². The number of benzene rings is 2. The average Bonchev–Trinajstić information content (AvgIpc) is 2.79. The van der Waals surface area contributed by atoms with Gasteiger partial charge in [-0.25, -0.2) is 4.39 Å². The van der Waals surface area contributed by atoms with Crippen molar-refractivity contribution in [2.24, 2.45) is 0 Å². The summed E-state index contributed by atoms with van der Waals surface area (Å²) < 4.78 is 18.8. The summed E-state index contributed by atoms with van der Waals surface area (Å²) in [5.74, 6) is 0.157. The maximum Gasteiger partial charge on any atom is 0.233 e. The summed E-state index contributed by atoms with van der Waals surface area (Å²) in [6.45, 7) is 3.12. The van der Waals surface area contributed by atoms with Crippen molar-refractivity contribution >= 4 is 0 Å². The van der Waals surface area contributed by atoms with Gasteiger partial charge in [-0.1, -0.05) is 36.4 Å². The average molecular weight is 422 g/mol. The number of aromatic nitrogens is 2. The third-order valence-corrected chi connectivity index (χ3v) is 5.63. The Labute approximate surface area is 182 Å². The molecular weight excluding hydrogens is 393 g/mol. The zero-order valence-electron chi connectivity index (χ0n) is 17.6. The zero-order chi connectivity index (χ0) is 21.5. The number of nitrogens with zero attached hydrogens (tertiary/aromatic N) is 3. The van der Waals surface area contributed by atoms with Crippen LogP contribution in [0.25, 0.3) is 0 Å². The van der Waals surface area contributed by atoms with Crippen LogP contribution in [0, 0.1) is 5.82 Å². The Morgan fingerprint density at radius 3 is 2.39 bits per heavy atom. The molecule has 0 saturated carbocycles. The van der Waals surface area contributed by atoms with Crippen LogP contribution in [0.15, 0.2) is 60.7 Å². The normalized spacial score (nSPS) is 15.2. The maximum atomic E-state index is 13.2. The highest BCUT2D eigenvalue weighted by Crippen LogP contribution is 2.15. The molecule has 2 heterocycles. The van der Waals surface area contributed by atoms with Crippen molar-refractivity contribution in [2.75, 3.05) is 13.1 Å². The Morgan fingerprint density at radius 2 is 1.68 bits per heavy atom. The third kappa shape index (κ3) is 6.57. The summed E-state index contributed by atoms with van der Waals surface area (Å²) in [7, 11) is 0. The van der Waals surface area contributed by atoms with E-state index in [1.54, 1.807) is 12.1 Å². The molecule has 31 heavy (non-hydrogen) atoms. The molecule has 162 valence electrons. The summed E-state index contributed by atoms with van der Waals surface area (Å²) in [6, 6.07) is 18.8. The van der Waals surface area contributed by atoms with Crippen molar-refractivity contribution in [3.05, 3.63) is 88.9 Å². The number of piperidine rings is 1. The van der Waals surface area contributed by atoms with E-state index in [0.717, 1.165) is 56.6 Å². The monoisotopic (exact) mass is 421 g/mol. The van der Waals surface area contributed by atoms with Crippen LogP contribution in [0.1, 0.15) is 35.2 Å².